The zero-order valence-electron chi connectivity index (χ0n) is 8.98. The Morgan fingerprint density at radius 3 is 2.61 bits per heavy atom. The predicted octanol–water partition coefficient (Wildman–Crippen LogP) is 3.77. The van der Waals surface area contributed by atoms with E-state index in [0.717, 1.165) is 18.3 Å². The van der Waals surface area contributed by atoms with Crippen LogP contribution in [0.1, 0.15) is 11.3 Å². The maximum atomic E-state index is 12.5. The van der Waals surface area contributed by atoms with Crippen LogP contribution in [-0.2, 0) is 6.18 Å². The van der Waals surface area contributed by atoms with Gasteiger partial charge in [-0.1, -0.05) is 17.3 Å². The zero-order chi connectivity index (χ0) is 13.2. The first kappa shape index (κ1) is 12.2. The maximum absolute atomic E-state index is 12.5. The summed E-state index contributed by atoms with van der Waals surface area (Å²) in [6, 6.07) is 7.80. The Morgan fingerprint density at radius 2 is 1.94 bits per heavy atom. The van der Waals surface area contributed by atoms with Crippen LogP contribution in [0.25, 0.3) is 11.3 Å². The van der Waals surface area contributed by atoms with Gasteiger partial charge in [0.1, 0.15) is 17.7 Å². The summed E-state index contributed by atoms with van der Waals surface area (Å²) in [5.41, 5.74) is -0.434. The number of halogens is 3. The second kappa shape index (κ2) is 4.56. The third-order valence-electron chi connectivity index (χ3n) is 2.29. The first-order valence-electron chi connectivity index (χ1n) is 4.95. The van der Waals surface area contributed by atoms with Crippen molar-refractivity contribution < 1.29 is 22.8 Å². The Labute approximate surface area is 100 Å². The molecule has 2 aromatic rings. The van der Waals surface area contributed by atoms with Crippen molar-refractivity contribution in [3.05, 3.63) is 47.7 Å². The molecule has 1 aromatic heterocycles. The Morgan fingerprint density at radius 1 is 1.17 bits per heavy atom. The van der Waals surface area contributed by atoms with Crippen LogP contribution in [0.5, 0.6) is 0 Å². The van der Waals surface area contributed by atoms with Crippen molar-refractivity contribution in [1.29, 1.82) is 0 Å². The van der Waals surface area contributed by atoms with Crippen LogP contribution >= 0.6 is 0 Å². The lowest BCUT2D eigenvalue weighted by atomic mass is 10.1. The van der Waals surface area contributed by atoms with Gasteiger partial charge >= 0.3 is 6.18 Å². The van der Waals surface area contributed by atoms with Gasteiger partial charge in [0.15, 0.2) is 0 Å². The second-order valence-electron chi connectivity index (χ2n) is 3.53. The molecule has 0 saturated carbocycles. The summed E-state index contributed by atoms with van der Waals surface area (Å²) in [6.45, 7) is 0. The number of furan rings is 1. The monoisotopic (exact) mass is 255 g/mol. The Kier molecular flexibility index (Phi) is 3.10. The van der Waals surface area contributed by atoms with Gasteiger partial charge in [0, 0.05) is 5.56 Å². The largest absolute Gasteiger partial charge is 0.455 e. The van der Waals surface area contributed by atoms with E-state index in [1.165, 1.54) is 24.3 Å². The molecule has 94 valence electrons. The molecular weight excluding hydrogens is 247 g/mol. The molecule has 1 N–H and O–H groups in total. The summed E-state index contributed by atoms with van der Waals surface area (Å²) >= 11 is 0. The highest BCUT2D eigenvalue weighted by Crippen LogP contribution is 2.32. The van der Waals surface area contributed by atoms with Crippen molar-refractivity contribution >= 4 is 6.21 Å². The normalized spacial score (nSPS) is 12.2. The molecule has 0 bridgehead atoms. The maximum Gasteiger partial charge on any atom is 0.416 e. The third-order valence-corrected chi connectivity index (χ3v) is 2.29. The van der Waals surface area contributed by atoms with Gasteiger partial charge in [-0.15, -0.1) is 0 Å². The summed E-state index contributed by atoms with van der Waals surface area (Å²) < 4.78 is 42.8. The van der Waals surface area contributed by atoms with Crippen molar-refractivity contribution in [3.63, 3.8) is 0 Å². The third kappa shape index (κ3) is 2.53. The van der Waals surface area contributed by atoms with Gasteiger partial charge < -0.3 is 9.62 Å². The fraction of sp³-hybridized carbons (Fsp3) is 0.0833. The van der Waals surface area contributed by atoms with E-state index in [9.17, 15) is 13.2 Å². The fourth-order valence-corrected chi connectivity index (χ4v) is 1.48. The fourth-order valence-electron chi connectivity index (χ4n) is 1.48. The minimum absolute atomic E-state index is 0.255. The standard InChI is InChI=1S/C12H8F3NO2/c13-12(14,15)9-3-1-2-8(6-9)11-5-4-10(18-11)7-16-17/h1-7,17H/b16-7-. The number of alkyl halides is 3. The summed E-state index contributed by atoms with van der Waals surface area (Å²) in [5.74, 6) is 0.529. The molecule has 0 fully saturated rings. The topological polar surface area (TPSA) is 45.7 Å². The van der Waals surface area contributed by atoms with Gasteiger partial charge in [0.05, 0.1) is 5.56 Å². The van der Waals surface area contributed by atoms with E-state index in [1.807, 2.05) is 0 Å². The predicted molar refractivity (Wildman–Crippen MR) is 58.5 cm³/mol. The van der Waals surface area contributed by atoms with Gasteiger partial charge in [0.25, 0.3) is 0 Å². The first-order chi connectivity index (χ1) is 8.50. The average molecular weight is 255 g/mol. The molecule has 18 heavy (non-hydrogen) atoms. The molecule has 0 spiro atoms. The van der Waals surface area contributed by atoms with Crippen molar-refractivity contribution in [3.8, 4) is 11.3 Å². The number of benzene rings is 1. The van der Waals surface area contributed by atoms with Crippen LogP contribution in [0.3, 0.4) is 0 Å². The molecule has 0 radical (unpaired) electrons. The highest BCUT2D eigenvalue weighted by Gasteiger charge is 2.30. The molecule has 0 atom stereocenters. The summed E-state index contributed by atoms with van der Waals surface area (Å²) in [5, 5.41) is 11.1. The lowest BCUT2D eigenvalue weighted by Gasteiger charge is -2.07. The van der Waals surface area contributed by atoms with Gasteiger partial charge in [-0.05, 0) is 24.3 Å². The smallest absolute Gasteiger partial charge is 0.416 e. The molecule has 0 unspecified atom stereocenters. The summed E-state index contributed by atoms with van der Waals surface area (Å²) in [7, 11) is 0. The molecule has 6 heteroatoms. The first-order valence-corrected chi connectivity index (χ1v) is 4.95. The summed E-state index contributed by atoms with van der Waals surface area (Å²) in [6.07, 6.45) is -3.34. The molecule has 0 saturated heterocycles. The summed E-state index contributed by atoms with van der Waals surface area (Å²) in [4.78, 5) is 0. The highest BCUT2D eigenvalue weighted by atomic mass is 19.4. The Bertz CT molecular complexity index is 573. The number of hydrogen-bond acceptors (Lipinski definition) is 3. The van der Waals surface area contributed by atoms with Crippen molar-refractivity contribution in [2.24, 2.45) is 5.16 Å². The van der Waals surface area contributed by atoms with E-state index in [2.05, 4.69) is 5.16 Å². The van der Waals surface area contributed by atoms with E-state index in [4.69, 9.17) is 9.62 Å². The van der Waals surface area contributed by atoms with E-state index in [-0.39, 0.29) is 11.5 Å². The van der Waals surface area contributed by atoms with Gasteiger partial charge in [-0.3, -0.25) is 0 Å². The molecule has 0 aliphatic rings. The lowest BCUT2D eigenvalue weighted by molar-refractivity contribution is -0.137. The van der Waals surface area contributed by atoms with E-state index in [0.29, 0.717) is 5.56 Å². The van der Waals surface area contributed by atoms with Gasteiger partial charge in [-0.25, -0.2) is 0 Å². The minimum atomic E-state index is -4.39. The van der Waals surface area contributed by atoms with E-state index < -0.39 is 11.7 Å². The molecule has 1 aromatic carbocycles. The van der Waals surface area contributed by atoms with Crippen molar-refractivity contribution in [1.82, 2.24) is 0 Å². The van der Waals surface area contributed by atoms with Gasteiger partial charge in [-0.2, -0.15) is 13.2 Å². The zero-order valence-corrected chi connectivity index (χ0v) is 8.98. The Hall–Kier alpha value is -2.24. The molecule has 0 aliphatic heterocycles. The highest BCUT2D eigenvalue weighted by molar-refractivity contribution is 5.76. The number of rotatable bonds is 2. The van der Waals surface area contributed by atoms with E-state index >= 15 is 0 Å². The quantitative estimate of drug-likeness (QED) is 0.504. The molecule has 2 rings (SSSR count). The SMILES string of the molecule is O/N=C\c1ccc(-c2cccc(C(F)(F)F)c2)o1. The number of nitrogens with zero attached hydrogens (tertiary/aromatic N) is 1. The number of hydrogen-bond donors (Lipinski definition) is 1. The molecule has 1 heterocycles. The van der Waals surface area contributed by atoms with Gasteiger partial charge in [0.2, 0.25) is 0 Å². The molecule has 3 nitrogen and oxygen atoms in total. The average Bonchev–Trinajstić information content (AvgIpc) is 2.77. The van der Waals surface area contributed by atoms with Crippen LogP contribution in [0, 0.1) is 0 Å². The van der Waals surface area contributed by atoms with E-state index in [1.54, 1.807) is 0 Å². The number of oxime groups is 1. The molecule has 0 aliphatic carbocycles. The Balaban J connectivity index is 2.38. The molecule has 0 amide bonds. The van der Waals surface area contributed by atoms with Crippen molar-refractivity contribution in [2.75, 3.05) is 0 Å². The van der Waals surface area contributed by atoms with Crippen LogP contribution in [0.2, 0.25) is 0 Å². The van der Waals surface area contributed by atoms with Crippen molar-refractivity contribution in [2.45, 2.75) is 6.18 Å². The van der Waals surface area contributed by atoms with Crippen LogP contribution in [0.4, 0.5) is 13.2 Å². The second-order valence-corrected chi connectivity index (χ2v) is 3.53. The van der Waals surface area contributed by atoms with Crippen LogP contribution < -0.4 is 0 Å². The minimum Gasteiger partial charge on any atom is -0.455 e. The molecular formula is C12H8F3NO2. The van der Waals surface area contributed by atoms with Crippen LogP contribution in [0.15, 0.2) is 46.0 Å². The van der Waals surface area contributed by atoms with Crippen LogP contribution in [-0.4, -0.2) is 11.4 Å². The lowest BCUT2D eigenvalue weighted by Crippen LogP contribution is -2.04.